The molecule has 3 aromatic rings. The van der Waals surface area contributed by atoms with Gasteiger partial charge in [0.1, 0.15) is 17.3 Å². The molecule has 3 fully saturated rings. The van der Waals surface area contributed by atoms with Crippen molar-refractivity contribution in [3.05, 3.63) is 65.6 Å². The molecule has 0 amide bonds. The van der Waals surface area contributed by atoms with Crippen molar-refractivity contribution in [3.8, 4) is 17.1 Å². The lowest BCUT2D eigenvalue weighted by Crippen LogP contribution is -2.60. The third-order valence-electron chi connectivity index (χ3n) is 6.02. The van der Waals surface area contributed by atoms with Crippen LogP contribution in [0.1, 0.15) is 18.5 Å². The van der Waals surface area contributed by atoms with Crippen molar-refractivity contribution in [1.29, 1.82) is 0 Å². The summed E-state index contributed by atoms with van der Waals surface area (Å²) in [7, 11) is 0. The lowest BCUT2D eigenvalue weighted by atomic mass is 9.93. The summed E-state index contributed by atoms with van der Waals surface area (Å²) in [5.41, 5.74) is 9.17. The first kappa shape index (κ1) is 19.3. The van der Waals surface area contributed by atoms with Crippen molar-refractivity contribution in [2.24, 2.45) is 0 Å². The van der Waals surface area contributed by atoms with Crippen LogP contribution in [0, 0.1) is 0 Å². The number of imidazole rings is 1. The molecular weight excluding hydrogens is 396 g/mol. The molecule has 0 aliphatic carbocycles. The molecule has 0 saturated carbocycles. The average Bonchev–Trinajstić information content (AvgIpc) is 3.11. The van der Waals surface area contributed by atoms with Gasteiger partial charge >= 0.3 is 0 Å². The summed E-state index contributed by atoms with van der Waals surface area (Å²) in [6, 6.07) is 12.8. The highest BCUT2D eigenvalue weighted by Crippen LogP contribution is 2.30. The zero-order valence-corrected chi connectivity index (χ0v) is 17.5. The quantitative estimate of drug-likeness (QED) is 0.659. The Morgan fingerprint density at radius 1 is 1.20 bits per heavy atom. The molecule has 3 N–H and O–H groups in total. The maximum atomic E-state index is 6.56. The number of hydrogen-bond donors (Lipinski definition) is 2. The Kier molecular flexibility index (Phi) is 5.29. The Hall–Kier alpha value is -2.67. The van der Waals surface area contributed by atoms with E-state index in [-0.39, 0.29) is 0 Å². The van der Waals surface area contributed by atoms with E-state index < -0.39 is 0 Å². The Balaban J connectivity index is 1.47. The highest BCUT2D eigenvalue weighted by molar-refractivity contribution is 6.30. The van der Waals surface area contributed by atoms with Crippen LogP contribution in [0.4, 0.5) is 5.82 Å². The molecule has 2 unspecified atom stereocenters. The number of nitrogen functional groups attached to an aromatic ring is 1. The fourth-order valence-corrected chi connectivity index (χ4v) is 4.66. The van der Waals surface area contributed by atoms with Crippen molar-refractivity contribution in [3.63, 3.8) is 0 Å². The smallest absolute Gasteiger partial charge is 0.146 e. The molecule has 7 heteroatoms. The van der Waals surface area contributed by atoms with Gasteiger partial charge in [-0.15, -0.1) is 0 Å². The fraction of sp³-hybridized carbons (Fsp3) is 0.304. The molecule has 0 spiro atoms. The van der Waals surface area contributed by atoms with E-state index >= 15 is 0 Å². The first-order valence-electron chi connectivity index (χ1n) is 10.4. The van der Waals surface area contributed by atoms with E-state index in [4.69, 9.17) is 22.3 Å². The van der Waals surface area contributed by atoms with Gasteiger partial charge in [0.25, 0.3) is 0 Å². The second kappa shape index (κ2) is 8.22. The number of anilines is 1. The van der Waals surface area contributed by atoms with Crippen molar-refractivity contribution < 1.29 is 0 Å². The zero-order chi connectivity index (χ0) is 20.5. The third kappa shape index (κ3) is 3.74. The Labute approximate surface area is 181 Å². The second-order valence-electron chi connectivity index (χ2n) is 7.95. The van der Waals surface area contributed by atoms with Crippen molar-refractivity contribution in [2.45, 2.75) is 24.9 Å². The molecule has 1 aromatic carbocycles. The average molecular weight is 421 g/mol. The van der Waals surface area contributed by atoms with Crippen LogP contribution in [0.5, 0.6) is 0 Å². The van der Waals surface area contributed by atoms with E-state index in [1.807, 2.05) is 47.0 Å². The van der Waals surface area contributed by atoms with Gasteiger partial charge in [-0.25, -0.2) is 4.98 Å². The highest BCUT2D eigenvalue weighted by Gasteiger charge is 2.32. The van der Waals surface area contributed by atoms with Crippen LogP contribution in [0.25, 0.3) is 23.2 Å². The predicted octanol–water partition coefficient (Wildman–Crippen LogP) is 3.62. The number of benzene rings is 1. The highest BCUT2D eigenvalue weighted by atomic mass is 35.5. The van der Waals surface area contributed by atoms with Crippen molar-refractivity contribution >= 4 is 23.5 Å². The standard InChI is InChI=1S/C23H25ClN6/c24-17-4-1-3-16(13-17)23-28-21(22(25)30(23)19-8-10-26-11-9-19)5-2-12-29-15-18-6-7-20(29)14-27-18/h1-5,8-11,13,18,20,27H,6-7,12,14-15,25H2/b5-2-. The molecule has 3 aliphatic rings. The van der Waals surface area contributed by atoms with Crippen LogP contribution in [-0.4, -0.2) is 51.2 Å². The van der Waals surface area contributed by atoms with Crippen molar-refractivity contribution in [1.82, 2.24) is 24.8 Å². The largest absolute Gasteiger partial charge is 0.383 e. The molecule has 2 aromatic heterocycles. The minimum atomic E-state index is 0.606. The lowest BCUT2D eigenvalue weighted by Gasteiger charge is -2.45. The van der Waals surface area contributed by atoms with Crippen molar-refractivity contribution in [2.75, 3.05) is 25.4 Å². The summed E-state index contributed by atoms with van der Waals surface area (Å²) >= 11 is 6.24. The van der Waals surface area contributed by atoms with E-state index in [1.165, 1.54) is 12.8 Å². The second-order valence-corrected chi connectivity index (χ2v) is 8.39. The molecule has 2 atom stereocenters. The summed E-state index contributed by atoms with van der Waals surface area (Å²) in [6.07, 6.45) is 10.3. The van der Waals surface area contributed by atoms with Gasteiger partial charge in [0, 0.05) is 54.7 Å². The van der Waals surface area contributed by atoms with Gasteiger partial charge in [-0.3, -0.25) is 14.5 Å². The van der Waals surface area contributed by atoms with Crippen LogP contribution in [0.2, 0.25) is 5.02 Å². The van der Waals surface area contributed by atoms with Crippen LogP contribution in [0.15, 0.2) is 54.9 Å². The molecule has 2 bridgehead atoms. The number of nitrogens with one attached hydrogen (secondary N) is 1. The summed E-state index contributed by atoms with van der Waals surface area (Å²) in [5, 5.41) is 4.27. The summed E-state index contributed by atoms with van der Waals surface area (Å²) in [5.74, 6) is 1.37. The van der Waals surface area contributed by atoms with Gasteiger partial charge in [-0.1, -0.05) is 29.8 Å². The van der Waals surface area contributed by atoms with E-state index in [0.29, 0.717) is 22.9 Å². The number of nitrogens with zero attached hydrogens (tertiary/aromatic N) is 4. The normalized spacial score (nSPS) is 21.5. The number of pyridine rings is 1. The number of hydrogen-bond acceptors (Lipinski definition) is 5. The van der Waals surface area contributed by atoms with Gasteiger partial charge in [0.15, 0.2) is 0 Å². The first-order valence-corrected chi connectivity index (χ1v) is 10.8. The first-order chi connectivity index (χ1) is 14.7. The number of piperidine rings is 2. The summed E-state index contributed by atoms with van der Waals surface area (Å²) in [6.45, 7) is 3.12. The molecule has 0 radical (unpaired) electrons. The monoisotopic (exact) mass is 420 g/mol. The van der Waals surface area contributed by atoms with E-state index in [0.717, 1.165) is 42.4 Å². The third-order valence-corrected chi connectivity index (χ3v) is 6.26. The molecule has 154 valence electrons. The number of nitrogens with two attached hydrogens (primary N) is 1. The van der Waals surface area contributed by atoms with Crippen LogP contribution in [-0.2, 0) is 0 Å². The molecule has 6 nitrogen and oxygen atoms in total. The van der Waals surface area contributed by atoms with Gasteiger partial charge in [-0.2, -0.15) is 0 Å². The maximum absolute atomic E-state index is 6.56. The number of rotatable bonds is 5. The van der Waals surface area contributed by atoms with Gasteiger partial charge in [0.05, 0.1) is 5.69 Å². The topological polar surface area (TPSA) is 72.0 Å². The Bertz CT molecular complexity index is 1050. The van der Waals surface area contributed by atoms with E-state index in [9.17, 15) is 0 Å². The summed E-state index contributed by atoms with van der Waals surface area (Å²) in [4.78, 5) is 11.5. The van der Waals surface area contributed by atoms with E-state index in [2.05, 4.69) is 21.3 Å². The number of halogens is 1. The molecule has 6 rings (SSSR count). The maximum Gasteiger partial charge on any atom is 0.146 e. The fourth-order valence-electron chi connectivity index (χ4n) is 4.47. The van der Waals surface area contributed by atoms with Gasteiger partial charge < -0.3 is 11.1 Å². The Morgan fingerprint density at radius 3 is 2.77 bits per heavy atom. The lowest BCUT2D eigenvalue weighted by molar-refractivity contribution is 0.0869. The van der Waals surface area contributed by atoms with Gasteiger partial charge in [0.2, 0.25) is 0 Å². The predicted molar refractivity (Wildman–Crippen MR) is 122 cm³/mol. The minimum Gasteiger partial charge on any atom is -0.383 e. The van der Waals surface area contributed by atoms with Crippen LogP contribution in [0.3, 0.4) is 0 Å². The van der Waals surface area contributed by atoms with Crippen LogP contribution >= 0.6 is 11.6 Å². The molecular formula is C23H25ClN6. The molecule has 3 aliphatic heterocycles. The number of piperazine rings is 1. The molecule has 3 saturated heterocycles. The Morgan fingerprint density at radius 2 is 2.07 bits per heavy atom. The van der Waals surface area contributed by atoms with E-state index in [1.54, 1.807) is 12.4 Å². The van der Waals surface area contributed by atoms with Crippen LogP contribution < -0.4 is 11.1 Å². The number of fused-ring (bicyclic) bond motifs is 3. The summed E-state index contributed by atoms with van der Waals surface area (Å²) < 4.78 is 1.96. The zero-order valence-electron chi connectivity index (χ0n) is 16.7. The minimum absolute atomic E-state index is 0.606. The van der Waals surface area contributed by atoms with Gasteiger partial charge in [-0.05, 0) is 43.2 Å². The number of aromatic nitrogens is 3. The SMILES string of the molecule is Nc1c(/C=C\CN2CC3CCC2CN3)nc(-c2cccc(Cl)c2)n1-c1ccncc1. The molecule has 5 heterocycles. The molecule has 30 heavy (non-hydrogen) atoms.